The number of ether oxygens (including phenoxy) is 2. The molecule has 20 heavy (non-hydrogen) atoms. The van der Waals surface area contributed by atoms with Gasteiger partial charge in [0.15, 0.2) is 0 Å². The zero-order chi connectivity index (χ0) is 13.4. The van der Waals surface area contributed by atoms with E-state index >= 15 is 0 Å². The molecule has 0 bridgehead atoms. The topological polar surface area (TPSA) is 42.5 Å². The zero-order valence-corrected chi connectivity index (χ0v) is 14.8. The lowest BCUT2D eigenvalue weighted by Crippen LogP contribution is -2.40. The predicted molar refractivity (Wildman–Crippen MR) is 89.4 cm³/mol. The summed E-state index contributed by atoms with van der Waals surface area (Å²) in [4.78, 5) is 0. The molecule has 0 aromatic heterocycles. The molecule has 2 heterocycles. The van der Waals surface area contributed by atoms with Gasteiger partial charge in [-0.25, -0.2) is 0 Å². The van der Waals surface area contributed by atoms with E-state index in [2.05, 4.69) is 24.5 Å². The highest BCUT2D eigenvalue weighted by Gasteiger charge is 2.20. The van der Waals surface area contributed by atoms with E-state index in [9.17, 15) is 0 Å². The van der Waals surface area contributed by atoms with Crippen LogP contribution >= 0.6 is 24.8 Å². The molecule has 2 saturated heterocycles. The summed E-state index contributed by atoms with van der Waals surface area (Å²) in [5.41, 5.74) is 0. The van der Waals surface area contributed by atoms with Gasteiger partial charge in [0.2, 0.25) is 0 Å². The van der Waals surface area contributed by atoms with Crippen LogP contribution in [0.15, 0.2) is 0 Å². The normalized spacial score (nSPS) is 33.0. The minimum atomic E-state index is 0. The van der Waals surface area contributed by atoms with Crippen molar-refractivity contribution in [1.82, 2.24) is 10.6 Å². The Bertz CT molecular complexity index is 201. The summed E-state index contributed by atoms with van der Waals surface area (Å²) < 4.78 is 10.5. The summed E-state index contributed by atoms with van der Waals surface area (Å²) >= 11 is 0. The number of hydrogen-bond donors (Lipinski definition) is 2. The van der Waals surface area contributed by atoms with Crippen LogP contribution in [0.4, 0.5) is 0 Å². The van der Waals surface area contributed by atoms with E-state index in [-0.39, 0.29) is 24.8 Å². The molecule has 0 saturated carbocycles. The number of hydrogen-bond acceptors (Lipinski definition) is 4. The van der Waals surface area contributed by atoms with Crippen molar-refractivity contribution < 1.29 is 9.47 Å². The Balaban J connectivity index is 0. The van der Waals surface area contributed by atoms with Crippen LogP contribution in [0.2, 0.25) is 0 Å². The van der Waals surface area contributed by atoms with Crippen LogP contribution < -0.4 is 10.6 Å². The number of rotatable bonds is 2. The molecule has 0 aromatic carbocycles. The smallest absolute Gasteiger partial charge is 0.0721 e. The maximum absolute atomic E-state index is 5.24. The van der Waals surface area contributed by atoms with Gasteiger partial charge in [-0.05, 0) is 37.8 Å². The minimum absolute atomic E-state index is 0. The molecule has 0 aliphatic carbocycles. The molecule has 2 N–H and O–H groups in total. The Kier molecular flexibility index (Phi) is 14.9. The van der Waals surface area contributed by atoms with Crippen molar-refractivity contribution in [3.8, 4) is 0 Å². The van der Waals surface area contributed by atoms with Gasteiger partial charge in [-0.3, -0.25) is 0 Å². The Morgan fingerprint density at radius 3 is 1.30 bits per heavy atom. The maximum Gasteiger partial charge on any atom is 0.0721 e. The number of nitrogens with one attached hydrogen (secondary N) is 2. The number of piperidine rings is 2. The SMILES string of the molecule is CO[C@@H]1CNCC[C@H]1C.CO[C@H]1CNCC[C@@H]1C.Cl.Cl. The van der Waals surface area contributed by atoms with E-state index < -0.39 is 0 Å². The third-order valence-corrected chi connectivity index (χ3v) is 4.12. The Morgan fingerprint density at radius 1 is 0.750 bits per heavy atom. The lowest BCUT2D eigenvalue weighted by Gasteiger charge is -2.27. The van der Waals surface area contributed by atoms with Crippen molar-refractivity contribution in [2.45, 2.75) is 38.9 Å². The zero-order valence-electron chi connectivity index (χ0n) is 13.2. The number of halogens is 2. The third-order valence-electron chi connectivity index (χ3n) is 4.12. The van der Waals surface area contributed by atoms with Crippen LogP contribution in [0.25, 0.3) is 0 Å². The van der Waals surface area contributed by atoms with E-state index in [0.717, 1.165) is 38.0 Å². The fourth-order valence-electron chi connectivity index (χ4n) is 2.55. The van der Waals surface area contributed by atoms with Gasteiger partial charge < -0.3 is 20.1 Å². The Hall–Kier alpha value is 0.420. The van der Waals surface area contributed by atoms with Crippen LogP contribution in [0.5, 0.6) is 0 Å². The largest absolute Gasteiger partial charge is 0.380 e. The van der Waals surface area contributed by atoms with Crippen molar-refractivity contribution >= 4 is 24.8 Å². The lowest BCUT2D eigenvalue weighted by molar-refractivity contribution is 0.0413. The molecule has 0 radical (unpaired) electrons. The second-order valence-electron chi connectivity index (χ2n) is 5.49. The monoisotopic (exact) mass is 330 g/mol. The highest BCUT2D eigenvalue weighted by molar-refractivity contribution is 5.85. The Morgan fingerprint density at radius 2 is 1.10 bits per heavy atom. The van der Waals surface area contributed by atoms with Gasteiger partial charge >= 0.3 is 0 Å². The fraction of sp³-hybridized carbons (Fsp3) is 1.00. The van der Waals surface area contributed by atoms with E-state index in [4.69, 9.17) is 9.47 Å². The highest BCUT2D eigenvalue weighted by Crippen LogP contribution is 2.13. The molecule has 4 atom stereocenters. The average Bonchev–Trinajstić information content (AvgIpc) is 2.41. The van der Waals surface area contributed by atoms with Gasteiger partial charge in [-0.2, -0.15) is 0 Å². The van der Waals surface area contributed by atoms with Crippen molar-refractivity contribution in [1.29, 1.82) is 0 Å². The molecule has 0 spiro atoms. The first-order chi connectivity index (χ1) is 8.69. The highest BCUT2D eigenvalue weighted by atomic mass is 35.5. The maximum atomic E-state index is 5.24. The first kappa shape index (κ1) is 22.7. The van der Waals surface area contributed by atoms with Crippen LogP contribution in [-0.4, -0.2) is 52.6 Å². The molecule has 4 nitrogen and oxygen atoms in total. The molecule has 0 aromatic rings. The quantitative estimate of drug-likeness (QED) is 0.813. The van der Waals surface area contributed by atoms with Crippen molar-refractivity contribution in [2.24, 2.45) is 11.8 Å². The van der Waals surface area contributed by atoms with Crippen molar-refractivity contribution in [3.05, 3.63) is 0 Å². The third kappa shape index (κ3) is 8.01. The van der Waals surface area contributed by atoms with E-state index in [0.29, 0.717) is 12.2 Å². The van der Waals surface area contributed by atoms with Crippen molar-refractivity contribution in [2.75, 3.05) is 40.4 Å². The second-order valence-corrected chi connectivity index (χ2v) is 5.49. The van der Waals surface area contributed by atoms with Gasteiger partial charge in [0.25, 0.3) is 0 Å². The van der Waals surface area contributed by atoms with Gasteiger partial charge in [0.1, 0.15) is 0 Å². The summed E-state index contributed by atoms with van der Waals surface area (Å²) in [6.45, 7) is 8.85. The summed E-state index contributed by atoms with van der Waals surface area (Å²) in [5, 5.41) is 6.58. The van der Waals surface area contributed by atoms with Gasteiger partial charge in [0, 0.05) is 27.3 Å². The van der Waals surface area contributed by atoms with E-state index in [1.54, 1.807) is 14.2 Å². The molecule has 124 valence electrons. The molecular formula is C14H32Cl2N2O2. The molecule has 2 rings (SSSR count). The molecule has 0 unspecified atom stereocenters. The first-order valence-electron chi connectivity index (χ1n) is 7.16. The summed E-state index contributed by atoms with van der Waals surface area (Å²) in [6, 6.07) is 0. The summed E-state index contributed by atoms with van der Waals surface area (Å²) in [5.74, 6) is 1.47. The predicted octanol–water partition coefficient (Wildman–Crippen LogP) is 2.11. The fourth-order valence-corrected chi connectivity index (χ4v) is 2.55. The molecule has 2 aliphatic rings. The first-order valence-corrected chi connectivity index (χ1v) is 7.16. The average molecular weight is 331 g/mol. The van der Waals surface area contributed by atoms with Gasteiger partial charge in [-0.15, -0.1) is 24.8 Å². The molecule has 0 amide bonds. The molecule has 2 aliphatic heterocycles. The van der Waals surface area contributed by atoms with Crippen LogP contribution in [0, 0.1) is 11.8 Å². The van der Waals surface area contributed by atoms with Crippen LogP contribution in [-0.2, 0) is 9.47 Å². The van der Waals surface area contributed by atoms with E-state index in [1.807, 2.05) is 0 Å². The second kappa shape index (κ2) is 13.1. The minimum Gasteiger partial charge on any atom is -0.380 e. The number of methoxy groups -OCH3 is 2. The van der Waals surface area contributed by atoms with Gasteiger partial charge in [-0.1, -0.05) is 13.8 Å². The lowest BCUT2D eigenvalue weighted by atomic mass is 9.97. The van der Waals surface area contributed by atoms with Crippen LogP contribution in [0.3, 0.4) is 0 Å². The summed E-state index contributed by atoms with van der Waals surface area (Å²) in [6.07, 6.45) is 3.38. The Labute approximate surface area is 136 Å². The van der Waals surface area contributed by atoms with Gasteiger partial charge in [0.05, 0.1) is 12.2 Å². The molecule has 6 heteroatoms. The van der Waals surface area contributed by atoms with E-state index in [1.165, 1.54) is 12.8 Å². The summed E-state index contributed by atoms with van der Waals surface area (Å²) in [7, 11) is 3.57. The van der Waals surface area contributed by atoms with Crippen molar-refractivity contribution in [3.63, 3.8) is 0 Å². The molecule has 2 fully saturated rings. The standard InChI is InChI=1S/2C7H15NO.2ClH/c2*1-6-3-4-8-5-7(6)9-2;;/h2*6-8H,3-5H2,1-2H3;2*1H/t2*6-,7-;;/m10../s1. The molecular weight excluding hydrogens is 299 g/mol. The van der Waals surface area contributed by atoms with Crippen LogP contribution in [0.1, 0.15) is 26.7 Å².